The smallest absolute Gasteiger partial charge is 0.222 e. The van der Waals surface area contributed by atoms with Crippen molar-refractivity contribution in [2.45, 2.75) is 32.6 Å². The maximum Gasteiger partial charge on any atom is 0.222 e. The largest absolute Gasteiger partial charge is 0.484 e. The topological polar surface area (TPSA) is 85.4 Å². The SMILES string of the molecule is CCCCNc1nc(N)ncc1OCC1=CN=CC1C(C)c1ccccc1. The molecule has 0 aliphatic carbocycles. The molecule has 3 N–H and O–H groups in total. The third kappa shape index (κ3) is 4.84. The van der Waals surface area contributed by atoms with Crippen LogP contribution in [0.15, 0.2) is 53.3 Å². The average molecular weight is 365 g/mol. The molecule has 1 aromatic carbocycles. The van der Waals surface area contributed by atoms with E-state index >= 15 is 0 Å². The molecule has 0 spiro atoms. The van der Waals surface area contributed by atoms with Gasteiger partial charge in [0.05, 0.1) is 6.20 Å². The molecule has 6 nitrogen and oxygen atoms in total. The Morgan fingerprint density at radius 3 is 2.85 bits per heavy atom. The molecule has 2 unspecified atom stereocenters. The van der Waals surface area contributed by atoms with Gasteiger partial charge < -0.3 is 15.8 Å². The number of anilines is 2. The van der Waals surface area contributed by atoms with Gasteiger partial charge in [-0.25, -0.2) is 4.98 Å². The van der Waals surface area contributed by atoms with E-state index in [0.29, 0.717) is 24.1 Å². The lowest BCUT2D eigenvalue weighted by Gasteiger charge is -2.21. The van der Waals surface area contributed by atoms with Crippen LogP contribution in [-0.4, -0.2) is 29.3 Å². The Labute approximate surface area is 160 Å². The summed E-state index contributed by atoms with van der Waals surface area (Å²) in [5.41, 5.74) is 8.16. The summed E-state index contributed by atoms with van der Waals surface area (Å²) in [6, 6.07) is 10.5. The molecule has 27 heavy (non-hydrogen) atoms. The first-order valence-corrected chi connectivity index (χ1v) is 9.45. The zero-order valence-corrected chi connectivity index (χ0v) is 15.9. The Kier molecular flexibility index (Phi) is 6.41. The average Bonchev–Trinajstić information content (AvgIpc) is 3.16. The number of nitrogens with two attached hydrogens (primary N) is 1. The van der Waals surface area contributed by atoms with E-state index in [4.69, 9.17) is 10.5 Å². The highest BCUT2D eigenvalue weighted by Crippen LogP contribution is 2.32. The molecule has 3 rings (SSSR count). The van der Waals surface area contributed by atoms with Crippen LogP contribution in [0.3, 0.4) is 0 Å². The summed E-state index contributed by atoms with van der Waals surface area (Å²) < 4.78 is 6.03. The van der Waals surface area contributed by atoms with Crippen LogP contribution in [-0.2, 0) is 0 Å². The first kappa shape index (κ1) is 18.9. The van der Waals surface area contributed by atoms with E-state index < -0.39 is 0 Å². The molecule has 0 radical (unpaired) electrons. The lowest BCUT2D eigenvalue weighted by molar-refractivity contribution is 0.339. The van der Waals surface area contributed by atoms with E-state index in [0.717, 1.165) is 25.0 Å². The first-order valence-electron chi connectivity index (χ1n) is 9.45. The van der Waals surface area contributed by atoms with Gasteiger partial charge in [0.2, 0.25) is 5.95 Å². The second-order valence-corrected chi connectivity index (χ2v) is 6.74. The molecule has 0 amide bonds. The molecular weight excluding hydrogens is 338 g/mol. The zero-order valence-electron chi connectivity index (χ0n) is 15.9. The molecule has 6 heteroatoms. The van der Waals surface area contributed by atoms with Gasteiger partial charge >= 0.3 is 0 Å². The zero-order chi connectivity index (χ0) is 19.1. The van der Waals surface area contributed by atoms with Gasteiger partial charge in [0.15, 0.2) is 11.6 Å². The van der Waals surface area contributed by atoms with E-state index in [-0.39, 0.29) is 11.9 Å². The van der Waals surface area contributed by atoms with Gasteiger partial charge in [0, 0.05) is 24.9 Å². The number of hydrogen-bond donors (Lipinski definition) is 2. The maximum atomic E-state index is 6.03. The summed E-state index contributed by atoms with van der Waals surface area (Å²) in [4.78, 5) is 12.7. The molecule has 2 heterocycles. The Balaban J connectivity index is 1.66. The molecule has 2 aromatic rings. The third-order valence-electron chi connectivity index (χ3n) is 4.77. The van der Waals surface area contributed by atoms with Crippen LogP contribution in [0.2, 0.25) is 0 Å². The van der Waals surface area contributed by atoms with Crippen molar-refractivity contribution in [2.24, 2.45) is 10.9 Å². The van der Waals surface area contributed by atoms with E-state index in [1.165, 1.54) is 5.56 Å². The minimum absolute atomic E-state index is 0.221. The van der Waals surface area contributed by atoms with Crippen LogP contribution >= 0.6 is 0 Å². The van der Waals surface area contributed by atoms with E-state index in [2.05, 4.69) is 58.4 Å². The first-order chi connectivity index (χ1) is 13.2. The predicted molar refractivity (Wildman–Crippen MR) is 110 cm³/mol. The van der Waals surface area contributed by atoms with E-state index in [9.17, 15) is 0 Å². The van der Waals surface area contributed by atoms with Crippen molar-refractivity contribution in [3.8, 4) is 5.75 Å². The standard InChI is InChI=1S/C21H27N5O/c1-3-4-10-24-20-19(13-25-21(22)26-20)27-14-17-11-23-12-18(17)15(2)16-8-6-5-7-9-16/h5-9,11-13,15,18H,3-4,10,14H2,1-2H3,(H3,22,24,25,26). The van der Waals surface area contributed by atoms with Gasteiger partial charge in [-0.3, -0.25) is 4.99 Å². The van der Waals surface area contributed by atoms with Crippen molar-refractivity contribution in [2.75, 3.05) is 24.2 Å². The maximum absolute atomic E-state index is 6.03. The van der Waals surface area contributed by atoms with Crippen LogP contribution < -0.4 is 15.8 Å². The van der Waals surface area contributed by atoms with E-state index in [1.54, 1.807) is 6.20 Å². The summed E-state index contributed by atoms with van der Waals surface area (Å²) in [6.07, 6.45) is 7.68. The molecule has 0 fully saturated rings. The van der Waals surface area contributed by atoms with Crippen LogP contribution in [0.5, 0.6) is 5.75 Å². The van der Waals surface area contributed by atoms with Crippen LogP contribution in [0.1, 0.15) is 38.2 Å². The van der Waals surface area contributed by atoms with Gasteiger partial charge in [0.25, 0.3) is 0 Å². The normalized spacial score (nSPS) is 16.8. The molecule has 1 aliphatic heterocycles. The fourth-order valence-corrected chi connectivity index (χ4v) is 3.12. The summed E-state index contributed by atoms with van der Waals surface area (Å²) >= 11 is 0. The third-order valence-corrected chi connectivity index (χ3v) is 4.77. The van der Waals surface area contributed by atoms with Crippen molar-refractivity contribution in [1.29, 1.82) is 0 Å². The van der Waals surface area contributed by atoms with Gasteiger partial charge in [0.1, 0.15) is 6.61 Å². The number of nitrogens with zero attached hydrogens (tertiary/aromatic N) is 3. The van der Waals surface area contributed by atoms with Crippen molar-refractivity contribution in [3.05, 3.63) is 53.9 Å². The molecule has 0 bridgehead atoms. The second kappa shape index (κ2) is 9.16. The highest BCUT2D eigenvalue weighted by Gasteiger charge is 2.24. The number of aliphatic imine (C=N–C) groups is 1. The number of benzene rings is 1. The number of nitrogens with one attached hydrogen (secondary N) is 1. The minimum atomic E-state index is 0.221. The number of ether oxygens (including phenoxy) is 1. The quantitative estimate of drug-likeness (QED) is 0.655. The number of nitrogen functional groups attached to an aromatic ring is 1. The number of unbranched alkanes of at least 4 members (excludes halogenated alkanes) is 1. The summed E-state index contributed by atoms with van der Waals surface area (Å²) in [5, 5.41) is 3.28. The second-order valence-electron chi connectivity index (χ2n) is 6.74. The molecule has 1 aliphatic rings. The number of aromatic nitrogens is 2. The molecule has 1 aromatic heterocycles. The minimum Gasteiger partial charge on any atom is -0.484 e. The van der Waals surface area contributed by atoms with E-state index in [1.807, 2.05) is 18.5 Å². The molecule has 142 valence electrons. The molecule has 0 saturated carbocycles. The summed E-state index contributed by atoms with van der Waals surface area (Å²) in [7, 11) is 0. The van der Waals surface area contributed by atoms with Gasteiger partial charge in [-0.05, 0) is 23.5 Å². The van der Waals surface area contributed by atoms with Crippen LogP contribution in [0, 0.1) is 5.92 Å². The number of rotatable bonds is 9. The van der Waals surface area contributed by atoms with Gasteiger partial charge in [-0.2, -0.15) is 4.98 Å². The fraction of sp³-hybridized carbons (Fsp3) is 0.381. The Morgan fingerprint density at radius 2 is 2.07 bits per heavy atom. The lowest BCUT2D eigenvalue weighted by Crippen LogP contribution is -2.17. The predicted octanol–water partition coefficient (Wildman–Crippen LogP) is 4.04. The van der Waals surface area contributed by atoms with Gasteiger partial charge in [-0.15, -0.1) is 0 Å². The lowest BCUT2D eigenvalue weighted by atomic mass is 9.84. The Morgan fingerprint density at radius 1 is 1.26 bits per heavy atom. The highest BCUT2D eigenvalue weighted by atomic mass is 16.5. The molecular formula is C21H27N5O. The van der Waals surface area contributed by atoms with Crippen molar-refractivity contribution >= 4 is 18.0 Å². The van der Waals surface area contributed by atoms with Gasteiger partial charge in [-0.1, -0.05) is 50.6 Å². The van der Waals surface area contributed by atoms with Crippen LogP contribution in [0.25, 0.3) is 0 Å². The molecule has 2 atom stereocenters. The summed E-state index contributed by atoms with van der Waals surface area (Å²) in [5.74, 6) is 2.04. The highest BCUT2D eigenvalue weighted by molar-refractivity contribution is 5.71. The summed E-state index contributed by atoms with van der Waals surface area (Å²) in [6.45, 7) is 5.63. The van der Waals surface area contributed by atoms with Crippen LogP contribution in [0.4, 0.5) is 11.8 Å². The van der Waals surface area contributed by atoms with Crippen molar-refractivity contribution < 1.29 is 4.74 Å². The Hall–Kier alpha value is -2.89. The van der Waals surface area contributed by atoms with Crippen molar-refractivity contribution in [1.82, 2.24) is 9.97 Å². The van der Waals surface area contributed by atoms with Crippen molar-refractivity contribution in [3.63, 3.8) is 0 Å². The fourth-order valence-electron chi connectivity index (χ4n) is 3.12. The number of hydrogen-bond acceptors (Lipinski definition) is 6. The monoisotopic (exact) mass is 365 g/mol. The Bertz CT molecular complexity index is 803. The molecule has 0 saturated heterocycles.